The minimum absolute atomic E-state index is 0.00475. The molecule has 2 unspecified atom stereocenters. The minimum Gasteiger partial charge on any atom is -0.493 e. The molecule has 140 valence electrons. The van der Waals surface area contributed by atoms with E-state index in [1.807, 2.05) is 45.2 Å². The van der Waals surface area contributed by atoms with Crippen LogP contribution in [0.2, 0.25) is 0 Å². The summed E-state index contributed by atoms with van der Waals surface area (Å²) in [6.07, 6.45) is 1.14. The molecule has 1 aliphatic heterocycles. The van der Waals surface area contributed by atoms with Gasteiger partial charge in [-0.2, -0.15) is 0 Å². The van der Waals surface area contributed by atoms with Crippen LogP contribution in [0.4, 0.5) is 0 Å². The molecule has 0 radical (unpaired) electrons. The van der Waals surface area contributed by atoms with Gasteiger partial charge < -0.3 is 24.4 Å². The molecule has 25 heavy (non-hydrogen) atoms. The first-order chi connectivity index (χ1) is 12.2. The molecule has 1 aliphatic rings. The average molecular weight is 349 g/mol. The highest BCUT2D eigenvalue weighted by Crippen LogP contribution is 2.26. The van der Waals surface area contributed by atoms with Crippen LogP contribution >= 0.6 is 0 Å². The third-order valence-electron chi connectivity index (χ3n) is 4.30. The molecular formula is C19H31N3O3. The first kappa shape index (κ1) is 19.4. The summed E-state index contributed by atoms with van der Waals surface area (Å²) in [6, 6.07) is 7.70. The van der Waals surface area contributed by atoms with Gasteiger partial charge in [-0.25, -0.2) is 0 Å². The van der Waals surface area contributed by atoms with Gasteiger partial charge in [0, 0.05) is 32.7 Å². The first-order valence-corrected chi connectivity index (χ1v) is 9.00. The Kier molecular flexibility index (Phi) is 7.85. The molecule has 0 aliphatic carbocycles. The molecule has 1 aromatic rings. The minimum atomic E-state index is -0.00475. The zero-order valence-corrected chi connectivity index (χ0v) is 15.8. The Labute approximate surface area is 151 Å². The van der Waals surface area contributed by atoms with Crippen molar-refractivity contribution in [1.82, 2.24) is 10.2 Å². The topological polar surface area (TPSA) is 55.3 Å². The van der Waals surface area contributed by atoms with Crippen LogP contribution < -0.4 is 14.8 Å². The highest BCUT2D eigenvalue weighted by molar-refractivity contribution is 5.80. The fraction of sp³-hybridized carbons (Fsp3) is 0.632. The van der Waals surface area contributed by atoms with E-state index in [0.29, 0.717) is 12.5 Å². The lowest BCUT2D eigenvalue weighted by molar-refractivity contribution is 0.114. The Balaban J connectivity index is 1.80. The van der Waals surface area contributed by atoms with Crippen LogP contribution in [0.3, 0.4) is 0 Å². The lowest BCUT2D eigenvalue weighted by atomic mass is 10.1. The van der Waals surface area contributed by atoms with Gasteiger partial charge in [-0.1, -0.05) is 12.1 Å². The van der Waals surface area contributed by atoms with Gasteiger partial charge in [-0.3, -0.25) is 4.99 Å². The summed E-state index contributed by atoms with van der Waals surface area (Å²) in [5.74, 6) is 3.01. The third kappa shape index (κ3) is 5.81. The second-order valence-electron chi connectivity index (χ2n) is 6.27. The molecule has 0 bridgehead atoms. The van der Waals surface area contributed by atoms with E-state index in [-0.39, 0.29) is 6.10 Å². The summed E-state index contributed by atoms with van der Waals surface area (Å²) in [7, 11) is 3.48. The van der Waals surface area contributed by atoms with Crippen LogP contribution in [-0.2, 0) is 4.74 Å². The Hall–Kier alpha value is -1.95. The van der Waals surface area contributed by atoms with Crippen molar-refractivity contribution in [2.24, 2.45) is 10.9 Å². The molecule has 6 nitrogen and oxygen atoms in total. The van der Waals surface area contributed by atoms with E-state index in [4.69, 9.17) is 14.2 Å². The fourth-order valence-corrected chi connectivity index (χ4v) is 2.99. The molecule has 0 saturated carbocycles. The number of hydrogen-bond acceptors (Lipinski definition) is 4. The second kappa shape index (κ2) is 10.1. The van der Waals surface area contributed by atoms with Crippen LogP contribution in [0, 0.1) is 5.92 Å². The van der Waals surface area contributed by atoms with Crippen molar-refractivity contribution in [2.45, 2.75) is 26.4 Å². The Bertz CT molecular complexity index is 550. The number of aliphatic imine (C=N–C) groups is 1. The predicted octanol–water partition coefficient (Wildman–Crippen LogP) is 2.40. The lowest BCUT2D eigenvalue weighted by Gasteiger charge is -2.24. The number of rotatable bonds is 8. The molecule has 1 fully saturated rings. The smallest absolute Gasteiger partial charge is 0.193 e. The number of nitrogens with zero attached hydrogens (tertiary/aromatic N) is 2. The number of guanidine groups is 1. The van der Waals surface area contributed by atoms with Gasteiger partial charge in [0.15, 0.2) is 17.5 Å². The molecule has 1 N–H and O–H groups in total. The van der Waals surface area contributed by atoms with E-state index >= 15 is 0 Å². The third-order valence-corrected chi connectivity index (χ3v) is 4.30. The quantitative estimate of drug-likeness (QED) is 0.577. The molecular weight excluding hydrogens is 318 g/mol. The lowest BCUT2D eigenvalue weighted by Crippen LogP contribution is -2.43. The number of ether oxygens (including phenoxy) is 3. The van der Waals surface area contributed by atoms with Crippen LogP contribution in [-0.4, -0.2) is 64.0 Å². The maximum Gasteiger partial charge on any atom is 0.193 e. The Morgan fingerprint density at radius 1 is 1.36 bits per heavy atom. The van der Waals surface area contributed by atoms with Crippen LogP contribution in [0.1, 0.15) is 20.3 Å². The molecule has 1 saturated heterocycles. The number of benzene rings is 1. The Morgan fingerprint density at radius 3 is 2.80 bits per heavy atom. The summed E-state index contributed by atoms with van der Waals surface area (Å²) in [5, 5.41) is 3.41. The number of hydrogen-bond donors (Lipinski definition) is 1. The number of likely N-dealkylation sites (tertiary alicyclic amines) is 1. The highest BCUT2D eigenvalue weighted by Gasteiger charge is 2.25. The van der Waals surface area contributed by atoms with Gasteiger partial charge in [0.25, 0.3) is 0 Å². The zero-order chi connectivity index (χ0) is 18.1. The SMILES string of the molecule is CCOCC1CCN(C(=NC)NCC(C)Oc2ccccc2OC)C1. The van der Waals surface area contributed by atoms with Gasteiger partial charge >= 0.3 is 0 Å². The summed E-state index contributed by atoms with van der Waals surface area (Å²) in [4.78, 5) is 6.70. The molecule has 6 heteroatoms. The van der Waals surface area contributed by atoms with Crippen molar-refractivity contribution in [1.29, 1.82) is 0 Å². The van der Waals surface area contributed by atoms with Gasteiger partial charge in [0.05, 0.1) is 20.3 Å². The normalized spacial score (nSPS) is 19.0. The van der Waals surface area contributed by atoms with Crippen LogP contribution in [0.15, 0.2) is 29.3 Å². The molecule has 1 aromatic carbocycles. The van der Waals surface area contributed by atoms with Crippen molar-refractivity contribution in [3.8, 4) is 11.5 Å². The first-order valence-electron chi connectivity index (χ1n) is 9.00. The van der Waals surface area contributed by atoms with E-state index in [0.717, 1.165) is 50.2 Å². The molecule has 2 atom stereocenters. The molecule has 0 amide bonds. The summed E-state index contributed by atoms with van der Waals surface area (Å²) in [5.41, 5.74) is 0. The number of para-hydroxylation sites is 2. The molecule has 0 spiro atoms. The van der Waals surface area contributed by atoms with E-state index in [1.54, 1.807) is 7.11 Å². The van der Waals surface area contributed by atoms with Crippen molar-refractivity contribution in [2.75, 3.05) is 47.0 Å². The monoisotopic (exact) mass is 349 g/mol. The largest absolute Gasteiger partial charge is 0.493 e. The summed E-state index contributed by atoms with van der Waals surface area (Å²) < 4.78 is 16.9. The number of methoxy groups -OCH3 is 1. The van der Waals surface area contributed by atoms with Crippen LogP contribution in [0.5, 0.6) is 11.5 Å². The fourth-order valence-electron chi connectivity index (χ4n) is 2.99. The van der Waals surface area contributed by atoms with Crippen molar-refractivity contribution < 1.29 is 14.2 Å². The molecule has 0 aromatic heterocycles. The van der Waals surface area contributed by atoms with Crippen molar-refractivity contribution in [3.05, 3.63) is 24.3 Å². The predicted molar refractivity (Wildman–Crippen MR) is 101 cm³/mol. The standard InChI is InChI=1S/C19H31N3O3/c1-5-24-14-16-10-11-22(13-16)19(20-3)21-12-15(2)25-18-9-7-6-8-17(18)23-4/h6-9,15-16H,5,10-14H2,1-4H3,(H,20,21). The summed E-state index contributed by atoms with van der Waals surface area (Å²) >= 11 is 0. The van der Waals surface area contributed by atoms with Gasteiger partial charge in [-0.05, 0) is 32.4 Å². The highest BCUT2D eigenvalue weighted by atomic mass is 16.5. The molecule has 2 rings (SSSR count). The maximum atomic E-state index is 5.99. The maximum absolute atomic E-state index is 5.99. The van der Waals surface area contributed by atoms with Crippen LogP contribution in [0.25, 0.3) is 0 Å². The average Bonchev–Trinajstić information content (AvgIpc) is 3.09. The number of nitrogens with one attached hydrogen (secondary N) is 1. The zero-order valence-electron chi connectivity index (χ0n) is 15.8. The second-order valence-corrected chi connectivity index (χ2v) is 6.27. The van der Waals surface area contributed by atoms with E-state index in [2.05, 4.69) is 15.2 Å². The van der Waals surface area contributed by atoms with E-state index < -0.39 is 0 Å². The van der Waals surface area contributed by atoms with Gasteiger partial charge in [0.2, 0.25) is 0 Å². The molecule has 1 heterocycles. The van der Waals surface area contributed by atoms with E-state index in [1.165, 1.54) is 0 Å². The van der Waals surface area contributed by atoms with Crippen molar-refractivity contribution >= 4 is 5.96 Å². The Morgan fingerprint density at radius 2 is 2.12 bits per heavy atom. The van der Waals surface area contributed by atoms with Gasteiger partial charge in [0.1, 0.15) is 6.10 Å². The van der Waals surface area contributed by atoms with E-state index in [9.17, 15) is 0 Å². The van der Waals surface area contributed by atoms with Crippen molar-refractivity contribution in [3.63, 3.8) is 0 Å². The van der Waals surface area contributed by atoms with Gasteiger partial charge in [-0.15, -0.1) is 0 Å². The summed E-state index contributed by atoms with van der Waals surface area (Å²) in [6.45, 7) is 8.36.